The average Bonchev–Trinajstić information content (AvgIpc) is 2.83. The summed E-state index contributed by atoms with van der Waals surface area (Å²) in [6.07, 6.45) is 2.52. The van der Waals surface area contributed by atoms with Crippen molar-refractivity contribution >= 4 is 5.78 Å². The molecule has 0 N–H and O–H groups in total. The molecule has 19 heavy (non-hydrogen) atoms. The Labute approximate surface area is 111 Å². The highest BCUT2D eigenvalue weighted by Crippen LogP contribution is 2.10. The molecular formula is C13H16N4O2. The van der Waals surface area contributed by atoms with E-state index in [2.05, 4.69) is 15.2 Å². The van der Waals surface area contributed by atoms with Crippen molar-refractivity contribution in [1.82, 2.24) is 19.7 Å². The highest BCUT2D eigenvalue weighted by molar-refractivity contribution is 5.91. The van der Waals surface area contributed by atoms with Crippen LogP contribution < -0.4 is 4.74 Å². The van der Waals surface area contributed by atoms with Crippen molar-refractivity contribution in [3.63, 3.8) is 0 Å². The monoisotopic (exact) mass is 260 g/mol. The number of hydrogen-bond donors (Lipinski definition) is 0. The van der Waals surface area contributed by atoms with Gasteiger partial charge in [-0.1, -0.05) is 6.92 Å². The number of ketones is 1. The number of Topliss-reactive ketones (excluding diaryl/α,β-unsaturated/α-hetero) is 1. The number of aromatic nitrogens is 4. The summed E-state index contributed by atoms with van der Waals surface area (Å²) in [7, 11) is 1.55. The van der Waals surface area contributed by atoms with Gasteiger partial charge in [-0.15, -0.1) is 10.2 Å². The number of methoxy groups -OCH3 is 1. The highest BCUT2D eigenvalue weighted by Gasteiger charge is 2.10. The quantitative estimate of drug-likeness (QED) is 0.762. The van der Waals surface area contributed by atoms with E-state index in [1.54, 1.807) is 19.4 Å². The largest absolute Gasteiger partial charge is 0.480 e. The summed E-state index contributed by atoms with van der Waals surface area (Å²) >= 11 is 0. The molecule has 6 heteroatoms. The summed E-state index contributed by atoms with van der Waals surface area (Å²) < 4.78 is 6.89. The number of imidazole rings is 1. The zero-order valence-electron chi connectivity index (χ0n) is 11.3. The maximum Gasteiger partial charge on any atom is 0.233 e. The molecule has 0 fully saturated rings. The third-order valence-corrected chi connectivity index (χ3v) is 2.77. The predicted octanol–water partition coefficient (Wildman–Crippen LogP) is 1.49. The molecule has 0 aliphatic rings. The van der Waals surface area contributed by atoms with Gasteiger partial charge in [0.15, 0.2) is 5.78 Å². The Morgan fingerprint density at radius 2 is 2.16 bits per heavy atom. The van der Waals surface area contributed by atoms with Crippen molar-refractivity contribution in [2.45, 2.75) is 26.8 Å². The van der Waals surface area contributed by atoms with E-state index in [4.69, 9.17) is 4.74 Å². The van der Waals surface area contributed by atoms with Crippen LogP contribution in [0, 0.1) is 0 Å². The third-order valence-electron chi connectivity index (χ3n) is 2.77. The number of nitrogens with zero attached hydrogens (tertiary/aromatic N) is 4. The van der Waals surface area contributed by atoms with E-state index in [1.165, 1.54) is 6.92 Å². The van der Waals surface area contributed by atoms with Gasteiger partial charge in [-0.25, -0.2) is 4.98 Å². The van der Waals surface area contributed by atoms with Crippen LogP contribution in [0.5, 0.6) is 5.88 Å². The highest BCUT2D eigenvalue weighted by atomic mass is 16.5. The van der Waals surface area contributed by atoms with Crippen molar-refractivity contribution in [2.24, 2.45) is 0 Å². The lowest BCUT2D eigenvalue weighted by Crippen LogP contribution is -2.06. The van der Waals surface area contributed by atoms with Gasteiger partial charge in [-0.2, -0.15) is 0 Å². The first-order chi connectivity index (χ1) is 9.13. The fraction of sp³-hybridized carbons (Fsp3) is 0.385. The number of ether oxygens (including phenoxy) is 1. The van der Waals surface area contributed by atoms with Crippen LogP contribution in [0.2, 0.25) is 0 Å². The zero-order chi connectivity index (χ0) is 13.8. The summed E-state index contributed by atoms with van der Waals surface area (Å²) in [6.45, 7) is 4.06. The number of carbonyl (C=O) groups is 1. The molecule has 2 rings (SSSR count). The first-order valence-corrected chi connectivity index (χ1v) is 6.07. The number of carbonyl (C=O) groups excluding carboxylic acids is 1. The van der Waals surface area contributed by atoms with Crippen molar-refractivity contribution in [3.8, 4) is 5.88 Å². The van der Waals surface area contributed by atoms with Crippen LogP contribution in [0.1, 0.15) is 35.9 Å². The van der Waals surface area contributed by atoms with Gasteiger partial charge >= 0.3 is 0 Å². The Balaban J connectivity index is 2.23. The van der Waals surface area contributed by atoms with Crippen molar-refractivity contribution in [1.29, 1.82) is 0 Å². The van der Waals surface area contributed by atoms with E-state index < -0.39 is 0 Å². The van der Waals surface area contributed by atoms with Crippen LogP contribution >= 0.6 is 0 Å². The summed E-state index contributed by atoms with van der Waals surface area (Å²) in [5, 5.41) is 7.98. The van der Waals surface area contributed by atoms with Gasteiger partial charge < -0.3 is 9.30 Å². The van der Waals surface area contributed by atoms with Crippen LogP contribution in [0.4, 0.5) is 0 Å². The molecule has 0 spiro atoms. The molecule has 0 saturated carbocycles. The van der Waals surface area contributed by atoms with Gasteiger partial charge in [0.25, 0.3) is 0 Å². The van der Waals surface area contributed by atoms with Crippen LogP contribution in [-0.4, -0.2) is 32.6 Å². The smallest absolute Gasteiger partial charge is 0.233 e. The Morgan fingerprint density at radius 1 is 1.37 bits per heavy atom. The van der Waals surface area contributed by atoms with E-state index in [9.17, 15) is 4.79 Å². The van der Waals surface area contributed by atoms with E-state index >= 15 is 0 Å². The van der Waals surface area contributed by atoms with E-state index in [-0.39, 0.29) is 5.78 Å². The fourth-order valence-corrected chi connectivity index (χ4v) is 1.76. The lowest BCUT2D eigenvalue weighted by atomic mass is 10.3. The van der Waals surface area contributed by atoms with Crippen molar-refractivity contribution < 1.29 is 9.53 Å². The molecule has 0 aliphatic carbocycles. The second kappa shape index (κ2) is 5.60. The van der Waals surface area contributed by atoms with E-state index in [0.29, 0.717) is 18.1 Å². The summed E-state index contributed by atoms with van der Waals surface area (Å²) in [5.74, 6) is 1.31. The summed E-state index contributed by atoms with van der Waals surface area (Å²) in [5.41, 5.74) is 1.28. The topological polar surface area (TPSA) is 69.9 Å². The standard InChI is InChI=1S/C13H16N4O2/c1-4-12-14-11(9(2)18)8-17(12)7-10-5-6-13(19-3)16-15-10/h5-6,8H,4,7H2,1-3H3. The third kappa shape index (κ3) is 2.96. The summed E-state index contributed by atoms with van der Waals surface area (Å²) in [6, 6.07) is 3.61. The van der Waals surface area contributed by atoms with Gasteiger partial charge in [-0.3, -0.25) is 4.79 Å². The number of rotatable bonds is 5. The number of aryl methyl sites for hydroxylation is 1. The number of hydrogen-bond acceptors (Lipinski definition) is 5. The lowest BCUT2D eigenvalue weighted by molar-refractivity contribution is 0.101. The maximum absolute atomic E-state index is 11.3. The Kier molecular flexibility index (Phi) is 3.89. The lowest BCUT2D eigenvalue weighted by Gasteiger charge is -2.05. The average molecular weight is 260 g/mol. The molecule has 2 heterocycles. The molecule has 0 aliphatic heterocycles. The molecule has 0 atom stereocenters. The predicted molar refractivity (Wildman–Crippen MR) is 69.3 cm³/mol. The maximum atomic E-state index is 11.3. The molecule has 0 radical (unpaired) electrons. The van der Waals surface area contributed by atoms with E-state index in [1.807, 2.05) is 17.6 Å². The molecular weight excluding hydrogens is 244 g/mol. The minimum atomic E-state index is -0.0331. The van der Waals surface area contributed by atoms with Crippen molar-refractivity contribution in [3.05, 3.63) is 35.5 Å². The molecule has 100 valence electrons. The molecule has 0 aromatic carbocycles. The first kappa shape index (κ1) is 13.2. The zero-order valence-corrected chi connectivity index (χ0v) is 11.3. The Bertz CT molecular complexity index is 575. The van der Waals surface area contributed by atoms with Crippen LogP contribution in [0.3, 0.4) is 0 Å². The Morgan fingerprint density at radius 3 is 2.68 bits per heavy atom. The van der Waals surface area contributed by atoms with Gasteiger partial charge in [0.05, 0.1) is 19.3 Å². The first-order valence-electron chi connectivity index (χ1n) is 6.07. The van der Waals surface area contributed by atoms with Crippen LogP contribution in [0.25, 0.3) is 0 Å². The van der Waals surface area contributed by atoms with Gasteiger partial charge in [-0.05, 0) is 6.07 Å². The van der Waals surface area contributed by atoms with Crippen LogP contribution in [-0.2, 0) is 13.0 Å². The van der Waals surface area contributed by atoms with Gasteiger partial charge in [0.2, 0.25) is 5.88 Å². The van der Waals surface area contributed by atoms with E-state index in [0.717, 1.165) is 17.9 Å². The normalized spacial score (nSPS) is 10.5. The summed E-state index contributed by atoms with van der Waals surface area (Å²) in [4.78, 5) is 15.6. The molecule has 2 aromatic heterocycles. The minimum absolute atomic E-state index is 0.0331. The molecule has 0 saturated heterocycles. The molecule has 0 unspecified atom stereocenters. The van der Waals surface area contributed by atoms with Gasteiger partial charge in [0.1, 0.15) is 11.5 Å². The second-order valence-electron chi connectivity index (χ2n) is 4.15. The minimum Gasteiger partial charge on any atom is -0.480 e. The molecule has 2 aromatic rings. The SMILES string of the molecule is CCc1nc(C(C)=O)cn1Cc1ccc(OC)nn1. The van der Waals surface area contributed by atoms with Gasteiger partial charge in [0, 0.05) is 25.6 Å². The Hall–Kier alpha value is -2.24. The molecule has 6 nitrogen and oxygen atoms in total. The molecule has 0 bridgehead atoms. The molecule has 0 amide bonds. The van der Waals surface area contributed by atoms with Crippen LogP contribution in [0.15, 0.2) is 18.3 Å². The second-order valence-corrected chi connectivity index (χ2v) is 4.15. The van der Waals surface area contributed by atoms with Crippen molar-refractivity contribution in [2.75, 3.05) is 7.11 Å². The fourth-order valence-electron chi connectivity index (χ4n) is 1.76.